The molecular weight excluding hydrogens is 370 g/mol. The number of hydrogen-bond donors (Lipinski definition) is 1. The molecule has 30 heavy (non-hydrogen) atoms. The van der Waals surface area contributed by atoms with Crippen molar-refractivity contribution in [3.05, 3.63) is 52.8 Å². The van der Waals surface area contributed by atoms with E-state index in [4.69, 9.17) is 5.10 Å². The Hall–Kier alpha value is -2.10. The number of carbonyl (C=O) groups is 1. The van der Waals surface area contributed by atoms with Gasteiger partial charge in [0.05, 0.1) is 6.54 Å². The molecule has 7 rings (SSSR count). The number of amides is 1. The first-order chi connectivity index (χ1) is 14.6. The van der Waals surface area contributed by atoms with Gasteiger partial charge in [-0.25, -0.2) is 0 Å². The molecule has 1 amide bonds. The van der Waals surface area contributed by atoms with Crippen molar-refractivity contribution in [2.45, 2.75) is 77.3 Å². The highest BCUT2D eigenvalue weighted by atomic mass is 16.2. The van der Waals surface area contributed by atoms with Crippen molar-refractivity contribution in [2.75, 3.05) is 0 Å². The quantitative estimate of drug-likeness (QED) is 0.783. The molecule has 1 aromatic heterocycles. The lowest BCUT2D eigenvalue weighted by Gasteiger charge is -2.43. The van der Waals surface area contributed by atoms with Gasteiger partial charge in [-0.15, -0.1) is 0 Å². The van der Waals surface area contributed by atoms with Gasteiger partial charge in [-0.05, 0) is 93.4 Å². The number of fused-ring (bicyclic) bond motifs is 1. The van der Waals surface area contributed by atoms with E-state index in [0.29, 0.717) is 11.1 Å². The minimum Gasteiger partial charge on any atom is -0.348 e. The van der Waals surface area contributed by atoms with Crippen LogP contribution in [0.3, 0.4) is 0 Å². The molecule has 158 valence electrons. The summed E-state index contributed by atoms with van der Waals surface area (Å²) in [5.74, 6) is 2.84. The monoisotopic (exact) mass is 403 g/mol. The number of nitrogens with zero attached hydrogens (tertiary/aromatic N) is 2. The first-order valence-electron chi connectivity index (χ1n) is 12.0. The molecule has 0 radical (unpaired) electrons. The largest absolute Gasteiger partial charge is 0.348 e. The number of benzene rings is 1. The van der Waals surface area contributed by atoms with E-state index >= 15 is 0 Å². The number of carbonyl (C=O) groups excluding carboxylic acids is 1. The lowest BCUT2D eigenvalue weighted by molar-refractivity contribution is 0.0746. The van der Waals surface area contributed by atoms with Gasteiger partial charge >= 0.3 is 0 Å². The molecule has 0 aliphatic heterocycles. The fraction of sp³-hybridized carbons (Fsp3) is 0.615. The van der Waals surface area contributed by atoms with Gasteiger partial charge in [0.2, 0.25) is 0 Å². The summed E-state index contributed by atoms with van der Waals surface area (Å²) in [6.07, 6.45) is 11.3. The van der Waals surface area contributed by atoms with Gasteiger partial charge < -0.3 is 5.32 Å². The minimum atomic E-state index is 0.0598. The molecule has 4 saturated carbocycles. The summed E-state index contributed by atoms with van der Waals surface area (Å²) >= 11 is 0. The van der Waals surface area contributed by atoms with Crippen LogP contribution in [0.1, 0.15) is 79.2 Å². The highest BCUT2D eigenvalue weighted by molar-refractivity contribution is 5.94. The molecule has 1 N–H and O–H groups in total. The van der Waals surface area contributed by atoms with E-state index in [1.54, 1.807) is 0 Å². The second-order valence-corrected chi connectivity index (χ2v) is 10.7. The average molecular weight is 404 g/mol. The van der Waals surface area contributed by atoms with E-state index in [9.17, 15) is 4.79 Å². The van der Waals surface area contributed by atoms with E-state index in [1.165, 1.54) is 55.3 Å². The first-order valence-corrected chi connectivity index (χ1v) is 12.0. The zero-order valence-electron chi connectivity index (χ0n) is 18.1. The molecule has 5 aliphatic rings. The Morgan fingerprint density at radius 3 is 2.60 bits per heavy atom. The Kier molecular flexibility index (Phi) is 4.33. The summed E-state index contributed by atoms with van der Waals surface area (Å²) in [5, 5.41) is 8.31. The normalized spacial score (nSPS) is 32.2. The Morgan fingerprint density at radius 1 is 1.13 bits per heavy atom. The minimum absolute atomic E-state index is 0.0598. The van der Waals surface area contributed by atoms with E-state index in [-0.39, 0.29) is 11.9 Å². The summed E-state index contributed by atoms with van der Waals surface area (Å²) in [4.78, 5) is 13.4. The highest BCUT2D eigenvalue weighted by Gasteiger charge is 2.57. The predicted molar refractivity (Wildman–Crippen MR) is 117 cm³/mol. The molecule has 4 heteroatoms. The van der Waals surface area contributed by atoms with Gasteiger partial charge in [0, 0.05) is 17.3 Å². The molecule has 2 aromatic rings. The van der Waals surface area contributed by atoms with Crippen LogP contribution in [-0.4, -0.2) is 21.7 Å². The maximum Gasteiger partial charge on any atom is 0.272 e. The summed E-state index contributed by atoms with van der Waals surface area (Å²) in [6.45, 7) is 3.01. The second-order valence-electron chi connectivity index (χ2n) is 10.7. The maximum absolute atomic E-state index is 13.4. The molecule has 4 bridgehead atoms. The van der Waals surface area contributed by atoms with Gasteiger partial charge in [0.15, 0.2) is 5.69 Å². The zero-order valence-corrected chi connectivity index (χ0v) is 18.1. The fourth-order valence-corrected chi connectivity index (χ4v) is 7.56. The molecular formula is C26H33N3O. The lowest BCUT2D eigenvalue weighted by Crippen LogP contribution is -2.47. The number of nitrogens with one attached hydrogen (secondary N) is 1. The van der Waals surface area contributed by atoms with Crippen LogP contribution in [0.4, 0.5) is 0 Å². The van der Waals surface area contributed by atoms with Crippen LogP contribution in [0.25, 0.3) is 0 Å². The van der Waals surface area contributed by atoms with Crippen molar-refractivity contribution in [2.24, 2.45) is 23.2 Å². The standard InChI is InChI=1S/C26H33N3O/c1-17(26-13-19-11-20(14-26)21(12-19)15-26)27-25(30)24-22-9-5-6-10-23(22)29(28-24)16-18-7-3-2-4-8-18/h2-4,7-8,17,19-21H,5-6,9-16H2,1H3,(H,27,30). The zero-order chi connectivity index (χ0) is 20.3. The molecule has 3 unspecified atom stereocenters. The van der Waals surface area contributed by atoms with Gasteiger partial charge in [-0.2, -0.15) is 5.10 Å². The molecule has 4 nitrogen and oxygen atoms in total. The smallest absolute Gasteiger partial charge is 0.272 e. The molecule has 1 heterocycles. The van der Waals surface area contributed by atoms with Crippen molar-refractivity contribution in [1.82, 2.24) is 15.1 Å². The van der Waals surface area contributed by atoms with E-state index in [1.807, 2.05) is 6.07 Å². The van der Waals surface area contributed by atoms with Gasteiger partial charge in [0.25, 0.3) is 5.91 Å². The maximum atomic E-state index is 13.4. The highest BCUT2D eigenvalue weighted by Crippen LogP contribution is 2.65. The van der Waals surface area contributed by atoms with Gasteiger partial charge in [-0.1, -0.05) is 30.3 Å². The van der Waals surface area contributed by atoms with Crippen LogP contribution in [-0.2, 0) is 19.4 Å². The van der Waals surface area contributed by atoms with Crippen molar-refractivity contribution in [3.63, 3.8) is 0 Å². The van der Waals surface area contributed by atoms with E-state index in [0.717, 1.165) is 43.6 Å². The van der Waals surface area contributed by atoms with Crippen LogP contribution in [0.15, 0.2) is 30.3 Å². The molecule has 4 fully saturated rings. The lowest BCUT2D eigenvalue weighted by atomic mass is 9.65. The number of aromatic nitrogens is 2. The van der Waals surface area contributed by atoms with E-state index in [2.05, 4.69) is 41.2 Å². The van der Waals surface area contributed by atoms with Crippen molar-refractivity contribution < 1.29 is 4.79 Å². The van der Waals surface area contributed by atoms with Crippen LogP contribution >= 0.6 is 0 Å². The summed E-state index contributed by atoms with van der Waals surface area (Å²) in [7, 11) is 0. The van der Waals surface area contributed by atoms with Crippen LogP contribution < -0.4 is 5.32 Å². The predicted octanol–water partition coefficient (Wildman–Crippen LogP) is 4.75. The third kappa shape index (κ3) is 2.94. The average Bonchev–Trinajstić information content (AvgIpc) is 3.34. The van der Waals surface area contributed by atoms with Crippen LogP contribution in [0.5, 0.6) is 0 Å². The summed E-state index contributed by atoms with van der Waals surface area (Å²) in [6, 6.07) is 10.7. The molecule has 0 saturated heterocycles. The first kappa shape index (κ1) is 18.7. The third-order valence-corrected chi connectivity index (χ3v) is 8.88. The molecule has 0 spiro atoms. The molecule has 1 aromatic carbocycles. The van der Waals surface area contributed by atoms with Gasteiger partial charge in [-0.3, -0.25) is 9.48 Å². The third-order valence-electron chi connectivity index (χ3n) is 8.88. The fourth-order valence-electron chi connectivity index (χ4n) is 7.56. The van der Waals surface area contributed by atoms with Crippen LogP contribution in [0.2, 0.25) is 0 Å². The van der Waals surface area contributed by atoms with E-state index < -0.39 is 0 Å². The van der Waals surface area contributed by atoms with Crippen molar-refractivity contribution in [1.29, 1.82) is 0 Å². The summed E-state index contributed by atoms with van der Waals surface area (Å²) < 4.78 is 2.10. The van der Waals surface area contributed by atoms with Gasteiger partial charge in [0.1, 0.15) is 0 Å². The van der Waals surface area contributed by atoms with Crippen molar-refractivity contribution in [3.8, 4) is 0 Å². The van der Waals surface area contributed by atoms with Crippen LogP contribution in [0, 0.1) is 23.2 Å². The second kappa shape index (κ2) is 6.96. The van der Waals surface area contributed by atoms with Crippen molar-refractivity contribution >= 4 is 5.91 Å². The Morgan fingerprint density at radius 2 is 1.87 bits per heavy atom. The Balaban J connectivity index is 1.24. The Bertz CT molecular complexity index is 943. The topological polar surface area (TPSA) is 46.9 Å². The Labute approximate surface area is 179 Å². The summed E-state index contributed by atoms with van der Waals surface area (Å²) in [5.41, 5.74) is 4.76. The molecule has 5 aliphatic carbocycles. The number of hydrogen-bond acceptors (Lipinski definition) is 2. The number of rotatable bonds is 5. The SMILES string of the molecule is CC(NC(=O)c1nn(Cc2ccccc2)c2c1CCCC2)C12CC3CC(C1)C(C3)C2. The molecule has 3 atom stereocenters.